The van der Waals surface area contributed by atoms with E-state index in [0.717, 1.165) is 36.8 Å². The highest BCUT2D eigenvalue weighted by Crippen LogP contribution is 2.63. The first-order chi connectivity index (χ1) is 15.7. The second kappa shape index (κ2) is 8.23. The zero-order valence-electron chi connectivity index (χ0n) is 20.3. The zero-order chi connectivity index (χ0) is 23.5. The minimum Gasteiger partial charge on any atom is -0.458 e. The summed E-state index contributed by atoms with van der Waals surface area (Å²) >= 11 is 0. The van der Waals surface area contributed by atoms with Crippen LogP contribution < -0.4 is 0 Å². The van der Waals surface area contributed by atoms with Crippen molar-refractivity contribution in [3.8, 4) is 0 Å². The molecule has 5 rings (SSSR count). The van der Waals surface area contributed by atoms with E-state index in [0.29, 0.717) is 36.2 Å². The first-order valence-corrected chi connectivity index (χ1v) is 13.0. The summed E-state index contributed by atoms with van der Waals surface area (Å²) in [4.78, 5) is 12.2. The van der Waals surface area contributed by atoms with E-state index in [2.05, 4.69) is 39.2 Å². The molecule has 1 saturated heterocycles. The second-order valence-electron chi connectivity index (χ2n) is 11.9. The molecule has 1 aliphatic heterocycles. The quantitative estimate of drug-likeness (QED) is 0.442. The van der Waals surface area contributed by atoms with Gasteiger partial charge in [0.1, 0.15) is 6.10 Å². The molecule has 180 valence electrons. The van der Waals surface area contributed by atoms with Crippen molar-refractivity contribution in [1.82, 2.24) is 0 Å². The van der Waals surface area contributed by atoms with Gasteiger partial charge in [-0.25, -0.2) is 4.79 Å². The topological polar surface area (TPSA) is 66.8 Å². The largest absolute Gasteiger partial charge is 0.458 e. The average molecular weight is 453 g/mol. The minimum absolute atomic E-state index is 0.0219. The van der Waals surface area contributed by atoms with Crippen molar-refractivity contribution in [2.24, 2.45) is 28.6 Å². The normalized spacial score (nSPS) is 43.3. The molecule has 7 atom stereocenters. The SMILES string of the molecule is C=C1/C(=C\C=C2/CCC[C@]3(C)[C@@H]([C@H](C)C[C@@H]4OC(=O)C(=C)C45CC5)CC[C@@H]23)C[C@@H](O)C[C@@H]1O. The molecule has 4 nitrogen and oxygen atoms in total. The summed E-state index contributed by atoms with van der Waals surface area (Å²) in [5, 5.41) is 20.3. The number of hydrogen-bond acceptors (Lipinski definition) is 4. The maximum absolute atomic E-state index is 12.2. The van der Waals surface area contributed by atoms with Crippen LogP contribution in [0, 0.1) is 28.6 Å². The summed E-state index contributed by atoms with van der Waals surface area (Å²) in [5.74, 6) is 1.56. The second-order valence-corrected chi connectivity index (χ2v) is 11.9. The van der Waals surface area contributed by atoms with E-state index < -0.39 is 12.2 Å². The van der Waals surface area contributed by atoms with Gasteiger partial charge in [-0.2, -0.15) is 0 Å². The molecule has 0 aromatic heterocycles. The van der Waals surface area contributed by atoms with Crippen LogP contribution in [-0.2, 0) is 9.53 Å². The molecule has 0 unspecified atom stereocenters. The number of fused-ring (bicyclic) bond motifs is 1. The van der Waals surface area contributed by atoms with Gasteiger partial charge in [-0.3, -0.25) is 0 Å². The van der Waals surface area contributed by atoms with E-state index in [4.69, 9.17) is 4.74 Å². The van der Waals surface area contributed by atoms with Gasteiger partial charge in [0.2, 0.25) is 0 Å². The summed E-state index contributed by atoms with van der Waals surface area (Å²) in [6.45, 7) is 13.0. The number of hydrogen-bond donors (Lipinski definition) is 2. The Morgan fingerprint density at radius 1 is 1.18 bits per heavy atom. The van der Waals surface area contributed by atoms with Crippen molar-refractivity contribution < 1.29 is 19.7 Å². The number of carbonyl (C=O) groups excluding carboxylic acids is 1. The number of carbonyl (C=O) groups is 1. The van der Waals surface area contributed by atoms with Crippen LogP contribution in [0.1, 0.15) is 78.1 Å². The third-order valence-electron chi connectivity index (χ3n) is 10.1. The molecule has 4 heteroatoms. The number of ether oxygens (including phenoxy) is 1. The van der Waals surface area contributed by atoms with Crippen LogP contribution >= 0.6 is 0 Å². The third kappa shape index (κ3) is 3.78. The predicted octanol–water partition coefficient (Wildman–Crippen LogP) is 5.42. The Balaban J connectivity index is 1.31. The minimum atomic E-state index is -0.637. The summed E-state index contributed by atoms with van der Waals surface area (Å²) in [5.41, 5.74) is 4.21. The fourth-order valence-electron chi connectivity index (χ4n) is 7.92. The van der Waals surface area contributed by atoms with Crippen molar-refractivity contribution in [3.05, 3.63) is 47.6 Å². The molecule has 5 fully saturated rings. The van der Waals surface area contributed by atoms with Crippen LogP contribution in [0.4, 0.5) is 0 Å². The Hall–Kier alpha value is -1.65. The molecular formula is C29H40O4. The Bertz CT molecular complexity index is 922. The van der Waals surface area contributed by atoms with Gasteiger partial charge < -0.3 is 14.9 Å². The molecule has 1 spiro atoms. The Kier molecular flexibility index (Phi) is 5.77. The van der Waals surface area contributed by atoms with Crippen molar-refractivity contribution in [2.45, 2.75) is 96.4 Å². The smallest absolute Gasteiger partial charge is 0.334 e. The van der Waals surface area contributed by atoms with Crippen LogP contribution in [0.25, 0.3) is 0 Å². The number of cyclic esters (lactones) is 1. The number of aliphatic hydroxyl groups is 2. The summed E-state index contributed by atoms with van der Waals surface area (Å²) in [7, 11) is 0. The highest BCUT2D eigenvalue weighted by Gasteiger charge is 2.61. The van der Waals surface area contributed by atoms with E-state index in [1.165, 1.54) is 31.3 Å². The molecule has 1 heterocycles. The van der Waals surface area contributed by atoms with Crippen LogP contribution in [0.2, 0.25) is 0 Å². The van der Waals surface area contributed by atoms with Crippen LogP contribution in [0.15, 0.2) is 47.6 Å². The first kappa shape index (κ1) is 23.1. The lowest BCUT2D eigenvalue weighted by molar-refractivity contribution is -0.140. The molecule has 4 aliphatic carbocycles. The summed E-state index contributed by atoms with van der Waals surface area (Å²) in [6, 6.07) is 0. The monoisotopic (exact) mass is 452 g/mol. The standard InChI is InChI=1S/C29H40O4/c1-17(14-26-29(12-13-29)19(3)27(32)33-26)23-9-10-24-20(6-5-11-28(23,24)4)7-8-21-15-22(30)16-25(31)18(21)2/h7-8,17,22-26,30-31H,2-3,5-6,9-16H2,1,4H3/b20-7+,21-8-/t17-,22-,23-,24+,25+,26+,28-/m1/s1. The van der Waals surface area contributed by atoms with Crippen LogP contribution in [0.5, 0.6) is 0 Å². The molecule has 0 amide bonds. The number of aliphatic hydroxyl groups excluding tert-OH is 2. The van der Waals surface area contributed by atoms with Gasteiger partial charge in [0.25, 0.3) is 0 Å². The zero-order valence-corrected chi connectivity index (χ0v) is 20.3. The maximum Gasteiger partial charge on any atom is 0.334 e. The summed E-state index contributed by atoms with van der Waals surface area (Å²) in [6.07, 6.45) is 13.4. The van der Waals surface area contributed by atoms with Gasteiger partial charge in [-0.05, 0) is 92.1 Å². The average Bonchev–Trinajstić information content (AvgIpc) is 3.44. The highest BCUT2D eigenvalue weighted by molar-refractivity contribution is 5.93. The van der Waals surface area contributed by atoms with Crippen LogP contribution in [-0.4, -0.2) is 34.5 Å². The van der Waals surface area contributed by atoms with Gasteiger partial charge >= 0.3 is 5.97 Å². The lowest BCUT2D eigenvalue weighted by atomic mass is 9.60. The predicted molar refractivity (Wildman–Crippen MR) is 129 cm³/mol. The van der Waals surface area contributed by atoms with E-state index >= 15 is 0 Å². The molecule has 0 aromatic rings. The van der Waals surface area contributed by atoms with Crippen molar-refractivity contribution in [1.29, 1.82) is 0 Å². The lowest BCUT2D eigenvalue weighted by Crippen LogP contribution is -2.37. The lowest BCUT2D eigenvalue weighted by Gasteiger charge is -2.45. The summed E-state index contributed by atoms with van der Waals surface area (Å²) < 4.78 is 5.80. The fraction of sp³-hybridized carbons (Fsp3) is 0.690. The maximum atomic E-state index is 12.2. The molecule has 0 radical (unpaired) electrons. The Morgan fingerprint density at radius 2 is 1.94 bits per heavy atom. The number of esters is 1. The van der Waals surface area contributed by atoms with E-state index in [1.807, 2.05) is 0 Å². The van der Waals surface area contributed by atoms with Crippen molar-refractivity contribution in [2.75, 3.05) is 0 Å². The van der Waals surface area contributed by atoms with Gasteiger partial charge in [-0.1, -0.05) is 44.7 Å². The Morgan fingerprint density at radius 3 is 2.67 bits per heavy atom. The van der Waals surface area contributed by atoms with Crippen molar-refractivity contribution >= 4 is 5.97 Å². The molecular weight excluding hydrogens is 412 g/mol. The van der Waals surface area contributed by atoms with E-state index in [9.17, 15) is 15.0 Å². The van der Waals surface area contributed by atoms with Gasteiger partial charge in [0, 0.05) is 17.4 Å². The molecule has 33 heavy (non-hydrogen) atoms. The number of allylic oxidation sites excluding steroid dienone is 3. The van der Waals surface area contributed by atoms with E-state index in [1.54, 1.807) is 0 Å². The number of rotatable bonds is 4. The first-order valence-electron chi connectivity index (χ1n) is 13.0. The van der Waals surface area contributed by atoms with Gasteiger partial charge in [0.15, 0.2) is 0 Å². The van der Waals surface area contributed by atoms with Crippen LogP contribution in [0.3, 0.4) is 0 Å². The fourth-order valence-corrected chi connectivity index (χ4v) is 7.92. The van der Waals surface area contributed by atoms with Gasteiger partial charge in [0.05, 0.1) is 12.2 Å². The molecule has 5 aliphatic rings. The molecule has 2 N–H and O–H groups in total. The molecule has 0 bridgehead atoms. The molecule has 4 saturated carbocycles. The van der Waals surface area contributed by atoms with Gasteiger partial charge in [-0.15, -0.1) is 0 Å². The Labute approximate surface area is 198 Å². The molecule has 0 aromatic carbocycles. The van der Waals surface area contributed by atoms with E-state index in [-0.39, 0.29) is 22.9 Å². The van der Waals surface area contributed by atoms with Crippen molar-refractivity contribution in [3.63, 3.8) is 0 Å². The third-order valence-corrected chi connectivity index (χ3v) is 10.1. The highest BCUT2D eigenvalue weighted by atomic mass is 16.6.